The molecular weight excluding hydrogens is 340 g/mol. The molecule has 1 N–H and O–H groups in total. The van der Waals surface area contributed by atoms with Crippen molar-refractivity contribution in [1.29, 1.82) is 0 Å². The Morgan fingerprint density at radius 1 is 1.11 bits per heavy atom. The summed E-state index contributed by atoms with van der Waals surface area (Å²) in [5.74, 6) is -0.292. The molecule has 5 heteroatoms. The lowest BCUT2D eigenvalue weighted by Gasteiger charge is -2.09. The molecule has 0 unspecified atom stereocenters. The number of nitrogens with one attached hydrogen (secondary N) is 1. The first kappa shape index (κ1) is 13.7. The first-order chi connectivity index (χ1) is 8.56. The van der Waals surface area contributed by atoms with Gasteiger partial charge in [-0.1, -0.05) is 39.1 Å². The van der Waals surface area contributed by atoms with Crippen molar-refractivity contribution in [3.8, 4) is 0 Å². The molecule has 94 valence electrons. The Bertz CT molecular complexity index is 575. The molecule has 0 aliphatic rings. The van der Waals surface area contributed by atoms with Crippen molar-refractivity contribution >= 4 is 44.8 Å². The number of rotatable bonds is 3. The van der Waals surface area contributed by atoms with Gasteiger partial charge in [0.05, 0.1) is 10.7 Å². The summed E-state index contributed by atoms with van der Waals surface area (Å²) in [6, 6.07) is 9.93. The van der Waals surface area contributed by atoms with Crippen molar-refractivity contribution < 1.29 is 4.39 Å². The van der Waals surface area contributed by atoms with Crippen LogP contribution in [0.15, 0.2) is 40.9 Å². The highest BCUT2D eigenvalue weighted by molar-refractivity contribution is 9.10. The van der Waals surface area contributed by atoms with Crippen LogP contribution in [0.25, 0.3) is 0 Å². The zero-order valence-electron chi connectivity index (χ0n) is 9.18. The van der Waals surface area contributed by atoms with Gasteiger partial charge in [0, 0.05) is 21.6 Å². The van der Waals surface area contributed by atoms with Crippen LogP contribution in [0.2, 0.25) is 10.0 Å². The van der Waals surface area contributed by atoms with Crippen LogP contribution in [0.1, 0.15) is 5.56 Å². The Morgan fingerprint density at radius 3 is 2.61 bits per heavy atom. The van der Waals surface area contributed by atoms with E-state index >= 15 is 0 Å². The smallest absolute Gasteiger partial charge is 0.128 e. The molecule has 0 amide bonds. The Morgan fingerprint density at radius 2 is 1.89 bits per heavy atom. The molecule has 1 nitrogen and oxygen atoms in total. The van der Waals surface area contributed by atoms with Crippen LogP contribution in [0, 0.1) is 5.82 Å². The van der Waals surface area contributed by atoms with Crippen LogP contribution in [-0.2, 0) is 6.54 Å². The van der Waals surface area contributed by atoms with Gasteiger partial charge in [0.15, 0.2) is 0 Å². The van der Waals surface area contributed by atoms with E-state index in [9.17, 15) is 4.39 Å². The minimum absolute atomic E-state index is 0.292. The van der Waals surface area contributed by atoms with Crippen molar-refractivity contribution in [1.82, 2.24) is 0 Å². The van der Waals surface area contributed by atoms with Gasteiger partial charge < -0.3 is 5.32 Å². The van der Waals surface area contributed by atoms with E-state index in [1.165, 1.54) is 12.1 Å². The normalized spacial score (nSPS) is 10.4. The molecule has 0 atom stereocenters. The van der Waals surface area contributed by atoms with Crippen molar-refractivity contribution in [2.24, 2.45) is 0 Å². The minimum atomic E-state index is -0.292. The molecule has 0 aromatic heterocycles. The first-order valence-corrected chi connectivity index (χ1v) is 6.74. The summed E-state index contributed by atoms with van der Waals surface area (Å²) in [6.45, 7) is 0.327. The van der Waals surface area contributed by atoms with Gasteiger partial charge in [-0.2, -0.15) is 0 Å². The van der Waals surface area contributed by atoms with E-state index in [1.54, 1.807) is 12.1 Å². The van der Waals surface area contributed by atoms with E-state index in [0.717, 1.165) is 10.2 Å². The van der Waals surface area contributed by atoms with Crippen LogP contribution in [0.5, 0.6) is 0 Å². The summed E-state index contributed by atoms with van der Waals surface area (Å²) in [4.78, 5) is 0. The highest BCUT2D eigenvalue weighted by Crippen LogP contribution is 2.26. The molecule has 0 aliphatic carbocycles. The SMILES string of the molecule is Fc1ccc(Cl)cc1CNc1ccc(Br)cc1Cl. The Hall–Kier alpha value is -0.770. The summed E-state index contributed by atoms with van der Waals surface area (Å²) < 4.78 is 14.4. The molecule has 2 aromatic carbocycles. The van der Waals surface area contributed by atoms with Gasteiger partial charge in [-0.25, -0.2) is 4.39 Å². The van der Waals surface area contributed by atoms with Gasteiger partial charge >= 0.3 is 0 Å². The van der Waals surface area contributed by atoms with Gasteiger partial charge in [-0.05, 0) is 36.4 Å². The largest absolute Gasteiger partial charge is 0.380 e. The van der Waals surface area contributed by atoms with Crippen molar-refractivity contribution in [3.05, 3.63) is 62.3 Å². The quantitative estimate of drug-likeness (QED) is 0.771. The predicted molar refractivity (Wildman–Crippen MR) is 77.9 cm³/mol. The average Bonchev–Trinajstić information content (AvgIpc) is 2.32. The number of anilines is 1. The Labute approximate surface area is 123 Å². The molecule has 18 heavy (non-hydrogen) atoms. The maximum absolute atomic E-state index is 13.5. The third-order valence-electron chi connectivity index (χ3n) is 2.41. The standard InChI is InChI=1S/C13H9BrCl2FN/c14-9-1-4-13(11(16)6-9)18-7-8-5-10(15)2-3-12(8)17/h1-6,18H,7H2. The third-order valence-corrected chi connectivity index (χ3v) is 3.45. The highest BCUT2D eigenvalue weighted by Gasteiger charge is 2.05. The summed E-state index contributed by atoms with van der Waals surface area (Å²) in [5.41, 5.74) is 1.25. The fourth-order valence-electron chi connectivity index (χ4n) is 1.50. The number of halogens is 4. The minimum Gasteiger partial charge on any atom is -0.380 e. The van der Waals surface area contributed by atoms with E-state index < -0.39 is 0 Å². The lowest BCUT2D eigenvalue weighted by molar-refractivity contribution is 0.613. The summed E-state index contributed by atoms with van der Waals surface area (Å²) in [5, 5.41) is 4.16. The van der Waals surface area contributed by atoms with E-state index in [1.807, 2.05) is 12.1 Å². The predicted octanol–water partition coefficient (Wildman–Crippen LogP) is 5.51. The topological polar surface area (TPSA) is 12.0 Å². The zero-order valence-corrected chi connectivity index (χ0v) is 12.3. The molecule has 0 saturated carbocycles. The fraction of sp³-hybridized carbons (Fsp3) is 0.0769. The second-order valence-electron chi connectivity index (χ2n) is 3.71. The van der Waals surface area contributed by atoms with Crippen LogP contribution >= 0.6 is 39.1 Å². The third kappa shape index (κ3) is 3.37. The number of hydrogen-bond donors (Lipinski definition) is 1. The van der Waals surface area contributed by atoms with Gasteiger partial charge in [-0.15, -0.1) is 0 Å². The van der Waals surface area contributed by atoms with E-state index in [4.69, 9.17) is 23.2 Å². The van der Waals surface area contributed by atoms with Gasteiger partial charge in [-0.3, -0.25) is 0 Å². The number of benzene rings is 2. The van der Waals surface area contributed by atoms with Crippen molar-refractivity contribution in [3.63, 3.8) is 0 Å². The van der Waals surface area contributed by atoms with E-state index in [-0.39, 0.29) is 5.82 Å². The molecule has 0 heterocycles. The maximum atomic E-state index is 13.5. The summed E-state index contributed by atoms with van der Waals surface area (Å²) in [6.07, 6.45) is 0. The summed E-state index contributed by atoms with van der Waals surface area (Å²) >= 11 is 15.2. The monoisotopic (exact) mass is 347 g/mol. The van der Waals surface area contributed by atoms with Crippen LogP contribution in [0.3, 0.4) is 0 Å². The first-order valence-electron chi connectivity index (χ1n) is 5.19. The van der Waals surface area contributed by atoms with Gasteiger partial charge in [0.1, 0.15) is 5.82 Å². The summed E-state index contributed by atoms with van der Waals surface area (Å²) in [7, 11) is 0. The molecule has 0 fully saturated rings. The van der Waals surface area contributed by atoms with E-state index in [2.05, 4.69) is 21.2 Å². The zero-order chi connectivity index (χ0) is 13.1. The molecule has 0 radical (unpaired) electrons. The second kappa shape index (κ2) is 5.91. The fourth-order valence-corrected chi connectivity index (χ4v) is 2.44. The molecule has 0 aliphatic heterocycles. The molecule has 0 spiro atoms. The van der Waals surface area contributed by atoms with Gasteiger partial charge in [0.2, 0.25) is 0 Å². The lowest BCUT2D eigenvalue weighted by atomic mass is 10.2. The maximum Gasteiger partial charge on any atom is 0.128 e. The highest BCUT2D eigenvalue weighted by atomic mass is 79.9. The Balaban J connectivity index is 2.13. The molecule has 0 bridgehead atoms. The van der Waals surface area contributed by atoms with Gasteiger partial charge in [0.25, 0.3) is 0 Å². The van der Waals surface area contributed by atoms with Crippen LogP contribution in [0.4, 0.5) is 10.1 Å². The van der Waals surface area contributed by atoms with Crippen molar-refractivity contribution in [2.75, 3.05) is 5.32 Å². The average molecular weight is 349 g/mol. The molecule has 2 aromatic rings. The molecule has 2 rings (SSSR count). The second-order valence-corrected chi connectivity index (χ2v) is 5.47. The lowest BCUT2D eigenvalue weighted by Crippen LogP contribution is -2.02. The number of hydrogen-bond acceptors (Lipinski definition) is 1. The van der Waals surface area contributed by atoms with E-state index in [0.29, 0.717) is 22.2 Å². The molecule has 0 saturated heterocycles. The molecular formula is C13H9BrCl2FN. The van der Waals surface area contributed by atoms with Crippen molar-refractivity contribution in [2.45, 2.75) is 6.54 Å². The van der Waals surface area contributed by atoms with Crippen LogP contribution < -0.4 is 5.32 Å². The Kier molecular flexibility index (Phi) is 4.49. The van der Waals surface area contributed by atoms with Crippen LogP contribution in [-0.4, -0.2) is 0 Å².